The van der Waals surface area contributed by atoms with Crippen LogP contribution in [0.25, 0.3) is 5.70 Å². The number of likely N-dealkylation sites (N-methyl/N-ethyl adjacent to an activating group) is 1. The van der Waals surface area contributed by atoms with Crippen LogP contribution in [0.1, 0.15) is 50.2 Å². The van der Waals surface area contributed by atoms with Crippen LogP contribution in [0.4, 0.5) is 46.9 Å². The van der Waals surface area contributed by atoms with E-state index in [0.29, 0.717) is 17.5 Å². The lowest BCUT2D eigenvalue weighted by atomic mass is 10.0. The van der Waals surface area contributed by atoms with E-state index in [9.17, 15) is 59.5 Å². The summed E-state index contributed by atoms with van der Waals surface area (Å²) in [7, 11) is 3.80. The largest absolute Gasteiger partial charge is 0.420 e. The average molecular weight is 871 g/mol. The lowest BCUT2D eigenvalue weighted by Gasteiger charge is -2.25. The van der Waals surface area contributed by atoms with Crippen LogP contribution >= 0.6 is 0 Å². The molecule has 0 aliphatic heterocycles. The Labute approximate surface area is 343 Å². The summed E-state index contributed by atoms with van der Waals surface area (Å²) in [6.45, 7) is -0.989. The molecule has 5 N–H and O–H groups in total. The van der Waals surface area contributed by atoms with Crippen molar-refractivity contribution in [1.82, 2.24) is 15.5 Å². The van der Waals surface area contributed by atoms with Gasteiger partial charge in [0.1, 0.15) is 18.7 Å². The molecule has 15 nitrogen and oxygen atoms in total. The minimum atomic E-state index is -5.44. The van der Waals surface area contributed by atoms with E-state index in [-0.39, 0.29) is 79.7 Å². The first kappa shape index (κ1) is 48.8. The predicted molar refractivity (Wildman–Crippen MR) is 205 cm³/mol. The van der Waals surface area contributed by atoms with Crippen LogP contribution in [0.2, 0.25) is 0 Å². The monoisotopic (exact) mass is 870 g/mol. The Morgan fingerprint density at radius 1 is 0.885 bits per heavy atom. The Hall–Kier alpha value is -6.55. The van der Waals surface area contributed by atoms with Crippen LogP contribution in [-0.4, -0.2) is 101 Å². The summed E-state index contributed by atoms with van der Waals surface area (Å²) < 4.78 is 112. The summed E-state index contributed by atoms with van der Waals surface area (Å²) in [4.78, 5) is 75.8. The molecule has 3 aromatic rings. The number of alkyl halides is 6. The molecule has 0 saturated carbocycles. The van der Waals surface area contributed by atoms with Crippen molar-refractivity contribution in [1.29, 1.82) is 0 Å². The third kappa shape index (κ3) is 14.0. The number of hydrogen-bond donors (Lipinski definition) is 4. The van der Waals surface area contributed by atoms with Crippen molar-refractivity contribution in [2.75, 3.05) is 64.3 Å². The topological polar surface area (TPSA) is 199 Å². The predicted octanol–water partition coefficient (Wildman–Crippen LogP) is 5.00. The average Bonchev–Trinajstić information content (AvgIpc) is 3.21. The molecule has 4 amide bonds. The molecule has 61 heavy (non-hydrogen) atoms. The Kier molecular flexibility index (Phi) is 17.7. The number of hydrogen-bond acceptors (Lipinski definition) is 11. The molecule has 0 aliphatic carbocycles. The maximum atomic E-state index is 14.1. The molecule has 1 unspecified atom stereocenters. The van der Waals surface area contributed by atoms with Crippen LogP contribution in [0.5, 0.6) is 5.75 Å². The Bertz CT molecular complexity index is 2080. The molecule has 0 bridgehead atoms. The van der Waals surface area contributed by atoms with Crippen molar-refractivity contribution in [3.63, 3.8) is 0 Å². The van der Waals surface area contributed by atoms with Gasteiger partial charge in [0.25, 0.3) is 5.91 Å². The van der Waals surface area contributed by atoms with E-state index in [1.807, 2.05) is 0 Å². The Morgan fingerprint density at radius 2 is 1.56 bits per heavy atom. The summed E-state index contributed by atoms with van der Waals surface area (Å²) in [5, 5.41) is 7.45. The molecule has 0 spiro atoms. The maximum absolute atomic E-state index is 14.1. The minimum Gasteiger partial charge on any atom is -0.409 e. The number of nitrogens with two attached hydrogens (primary N) is 1. The third-order valence-corrected chi connectivity index (χ3v) is 8.60. The van der Waals surface area contributed by atoms with E-state index in [2.05, 4.69) is 16.0 Å². The van der Waals surface area contributed by atoms with Gasteiger partial charge in [-0.15, -0.1) is 0 Å². The highest BCUT2D eigenvalue weighted by Crippen LogP contribution is 2.44. The number of aldehydes is 2. The van der Waals surface area contributed by atoms with Gasteiger partial charge in [-0.1, -0.05) is 12.1 Å². The van der Waals surface area contributed by atoms with Crippen molar-refractivity contribution in [2.45, 2.75) is 31.2 Å². The minimum absolute atomic E-state index is 0.00133. The number of amides is 4. The van der Waals surface area contributed by atoms with Crippen LogP contribution in [0.3, 0.4) is 0 Å². The van der Waals surface area contributed by atoms with E-state index >= 15 is 0 Å². The number of nitrogens with zero attached hydrogens (tertiary/aromatic N) is 2. The van der Waals surface area contributed by atoms with E-state index in [1.54, 1.807) is 0 Å². The van der Waals surface area contributed by atoms with Crippen molar-refractivity contribution >= 4 is 53.5 Å². The zero-order chi connectivity index (χ0) is 45.5. The molecule has 1 atom stereocenters. The highest BCUT2D eigenvalue weighted by molar-refractivity contribution is 6.09. The number of halogens is 7. The normalized spacial score (nSPS) is 12.2. The zero-order valence-corrected chi connectivity index (χ0v) is 32.7. The van der Waals surface area contributed by atoms with Crippen molar-refractivity contribution in [3.05, 3.63) is 94.4 Å². The van der Waals surface area contributed by atoms with Gasteiger partial charge < -0.3 is 45.6 Å². The summed E-state index contributed by atoms with van der Waals surface area (Å²) in [5.41, 5.74) is 0.290. The first-order valence-corrected chi connectivity index (χ1v) is 17.9. The summed E-state index contributed by atoms with van der Waals surface area (Å²) in [5.74, 6) is -3.86. The summed E-state index contributed by atoms with van der Waals surface area (Å²) in [6, 6.07) is 7.29. The molecule has 0 heterocycles. The van der Waals surface area contributed by atoms with Gasteiger partial charge in [0.05, 0.1) is 53.9 Å². The van der Waals surface area contributed by atoms with Gasteiger partial charge in [-0.25, -0.2) is 9.18 Å². The van der Waals surface area contributed by atoms with Gasteiger partial charge in [0, 0.05) is 57.1 Å². The Balaban J connectivity index is 1.60. The number of nitrogens with one attached hydrogen (secondary N) is 3. The molecule has 0 fully saturated rings. The number of carbonyl (C=O) groups is 6. The fourth-order valence-electron chi connectivity index (χ4n) is 5.31. The van der Waals surface area contributed by atoms with Gasteiger partial charge in [-0.05, 0) is 48.9 Å². The second kappa shape index (κ2) is 22.2. The quantitative estimate of drug-likeness (QED) is 0.0678. The summed E-state index contributed by atoms with van der Waals surface area (Å²) in [6.07, 6.45) is -10.5. The van der Waals surface area contributed by atoms with Gasteiger partial charge in [0.2, 0.25) is 11.8 Å². The summed E-state index contributed by atoms with van der Waals surface area (Å²) >= 11 is 0. The molecule has 0 radical (unpaired) electrons. The maximum Gasteiger partial charge on any atom is 0.420 e. The smallest absolute Gasteiger partial charge is 0.409 e. The molecule has 3 rings (SSSR count). The molecule has 3 aromatic carbocycles. The number of rotatable bonds is 20. The third-order valence-electron chi connectivity index (χ3n) is 8.60. The number of ether oxygens (including phenoxy) is 3. The van der Waals surface area contributed by atoms with Crippen LogP contribution in [0.15, 0.2) is 60.8 Å². The van der Waals surface area contributed by atoms with Crippen LogP contribution in [-0.2, 0) is 36.2 Å². The fraction of sp³-hybridized carbons (Fsp3) is 0.333. The van der Waals surface area contributed by atoms with Gasteiger partial charge in [-0.3, -0.25) is 24.1 Å². The highest BCUT2D eigenvalue weighted by Gasteiger charge is 2.41. The zero-order valence-electron chi connectivity index (χ0n) is 32.7. The van der Waals surface area contributed by atoms with Crippen molar-refractivity contribution in [3.8, 4) is 5.75 Å². The van der Waals surface area contributed by atoms with E-state index in [4.69, 9.17) is 19.9 Å². The highest BCUT2D eigenvalue weighted by atomic mass is 19.4. The number of anilines is 2. The molecular formula is C39H41F7N6O9. The van der Waals surface area contributed by atoms with E-state index < -0.39 is 76.9 Å². The second-order valence-corrected chi connectivity index (χ2v) is 12.8. The first-order valence-electron chi connectivity index (χ1n) is 17.9. The molecule has 0 aliphatic rings. The van der Waals surface area contributed by atoms with Crippen molar-refractivity contribution < 1.29 is 73.7 Å². The van der Waals surface area contributed by atoms with E-state index in [0.717, 1.165) is 42.4 Å². The van der Waals surface area contributed by atoms with Crippen LogP contribution in [0, 0.1) is 5.82 Å². The molecule has 22 heteroatoms. The SMILES string of the molecule is CNC(=O)CCC(C=O)N(C)C(=O)c1c(C=O)cccc1NC(=O)COCCOCCN/C=C(\N)c1cc(C(F)(F)F)cc(C(F)(F)F)c1OC(=O)N(C)c1ccc(F)cc1. The molecule has 0 aromatic heterocycles. The number of carbonyl (C=O) groups excluding carboxylic acids is 6. The van der Waals surface area contributed by atoms with E-state index in [1.165, 1.54) is 32.3 Å². The lowest BCUT2D eigenvalue weighted by Crippen LogP contribution is -2.40. The first-order chi connectivity index (χ1) is 28.7. The lowest BCUT2D eigenvalue weighted by molar-refractivity contribution is -0.143. The van der Waals surface area contributed by atoms with Gasteiger partial charge in [0.15, 0.2) is 12.0 Å². The van der Waals surface area contributed by atoms with Crippen LogP contribution < -0.4 is 31.3 Å². The van der Waals surface area contributed by atoms with Gasteiger partial charge in [-0.2, -0.15) is 26.3 Å². The van der Waals surface area contributed by atoms with Gasteiger partial charge >= 0.3 is 18.4 Å². The molecule has 0 saturated heterocycles. The molecule has 330 valence electrons. The molecular weight excluding hydrogens is 829 g/mol. The number of benzene rings is 3. The second-order valence-electron chi connectivity index (χ2n) is 12.8. The fourth-order valence-corrected chi connectivity index (χ4v) is 5.31. The van der Waals surface area contributed by atoms with Crippen molar-refractivity contribution in [2.24, 2.45) is 5.73 Å². The standard InChI is InChI=1S/C39H41F7N6O9/c1-48-32(55)12-11-27(21-54)51(2)36(57)34-23(20-53)5-4-6-31(34)50-33(56)22-60-16-15-59-14-13-49-19-30(47)28-17-24(38(41,42)43)18-29(39(44,45)46)35(28)61-37(58)52(3)26-9-7-25(40)8-10-26/h4-10,17-21,27,49H,11-16,22,47H2,1-3H3,(H,48,55)(H,50,56)/b30-19-. The Morgan fingerprint density at radius 3 is 2.16 bits per heavy atom.